The summed E-state index contributed by atoms with van der Waals surface area (Å²) < 4.78 is 21.7. The number of ether oxygens (including phenoxy) is 1. The van der Waals surface area contributed by atoms with E-state index in [1.54, 1.807) is 18.3 Å². The van der Waals surface area contributed by atoms with Gasteiger partial charge in [0.25, 0.3) is 0 Å². The fraction of sp³-hybridized carbons (Fsp3) is 0.438. The van der Waals surface area contributed by atoms with E-state index in [0.29, 0.717) is 18.6 Å². The lowest BCUT2D eigenvalue weighted by molar-refractivity contribution is 0.00231. The van der Waals surface area contributed by atoms with E-state index in [9.17, 15) is 0 Å². The van der Waals surface area contributed by atoms with Crippen LogP contribution < -0.4 is 11.5 Å². The van der Waals surface area contributed by atoms with Crippen LogP contribution in [0.1, 0.15) is 25.8 Å². The lowest BCUT2D eigenvalue weighted by atomic mass is 9.84. The molecule has 0 bridgehead atoms. The maximum Gasteiger partial charge on any atom is 0.234 e. The van der Waals surface area contributed by atoms with Crippen molar-refractivity contribution in [2.24, 2.45) is 21.5 Å². The molecule has 1 aliphatic heterocycles. The van der Waals surface area contributed by atoms with E-state index in [0.717, 1.165) is 10.9 Å². The van der Waals surface area contributed by atoms with Crippen LogP contribution in [0, 0.1) is 0 Å². The minimum atomic E-state index is -2.13. The highest BCUT2D eigenvalue weighted by Crippen LogP contribution is 2.32. The molecule has 2 aromatic rings. The zero-order valence-electron chi connectivity index (χ0n) is 13.7. The number of aliphatic imine (C=N–C) groups is 2. The Labute approximate surface area is 139 Å². The molecule has 0 amide bonds. The lowest BCUT2D eigenvalue weighted by Crippen LogP contribution is -2.59. The summed E-state index contributed by atoms with van der Waals surface area (Å²) in [4.78, 5) is 8.17. The summed E-state index contributed by atoms with van der Waals surface area (Å²) in [6.07, 6.45) is 0.364. The van der Waals surface area contributed by atoms with Crippen LogP contribution >= 0.6 is 0 Å². The SMILES string of the molecule is CCOC(CC)C1(F)C(N)=NC(N)N=C1c1ccc2[nH]ncc2c1. The van der Waals surface area contributed by atoms with Crippen LogP contribution in [0.2, 0.25) is 0 Å². The van der Waals surface area contributed by atoms with E-state index < -0.39 is 18.1 Å². The predicted octanol–water partition coefficient (Wildman–Crippen LogP) is 1.49. The number of hydrogen-bond donors (Lipinski definition) is 3. The van der Waals surface area contributed by atoms with Crippen molar-refractivity contribution in [1.29, 1.82) is 0 Å². The number of nitrogens with zero attached hydrogens (tertiary/aromatic N) is 3. The number of benzene rings is 1. The molecule has 0 saturated heterocycles. The van der Waals surface area contributed by atoms with Crippen LogP contribution in [-0.4, -0.2) is 46.4 Å². The first-order valence-electron chi connectivity index (χ1n) is 7.92. The van der Waals surface area contributed by atoms with Gasteiger partial charge in [-0.25, -0.2) is 14.4 Å². The Bertz CT molecular complexity index is 801. The quantitative estimate of drug-likeness (QED) is 0.769. The smallest absolute Gasteiger partial charge is 0.234 e. The summed E-state index contributed by atoms with van der Waals surface area (Å²) in [7, 11) is 0. The molecule has 2 heterocycles. The van der Waals surface area contributed by atoms with Crippen LogP contribution in [0.4, 0.5) is 4.39 Å². The van der Waals surface area contributed by atoms with Gasteiger partial charge in [-0.15, -0.1) is 0 Å². The van der Waals surface area contributed by atoms with Gasteiger partial charge in [-0.3, -0.25) is 10.8 Å². The Morgan fingerprint density at radius 1 is 1.38 bits per heavy atom. The van der Waals surface area contributed by atoms with E-state index in [4.69, 9.17) is 16.2 Å². The monoisotopic (exact) mass is 332 g/mol. The Balaban J connectivity index is 2.13. The molecule has 8 heteroatoms. The number of hydrogen-bond acceptors (Lipinski definition) is 6. The molecule has 0 spiro atoms. The fourth-order valence-electron chi connectivity index (χ4n) is 3.02. The average molecular weight is 332 g/mol. The number of nitrogens with two attached hydrogens (primary N) is 2. The van der Waals surface area contributed by atoms with Gasteiger partial charge in [0, 0.05) is 17.6 Å². The third kappa shape index (κ3) is 2.57. The Morgan fingerprint density at radius 3 is 2.88 bits per heavy atom. The molecule has 0 aliphatic carbocycles. The van der Waals surface area contributed by atoms with Gasteiger partial charge in [0.15, 0.2) is 6.29 Å². The van der Waals surface area contributed by atoms with E-state index in [2.05, 4.69) is 20.2 Å². The summed E-state index contributed by atoms with van der Waals surface area (Å²) in [5.74, 6) is -0.201. The number of nitrogens with one attached hydrogen (secondary N) is 1. The van der Waals surface area contributed by atoms with Crippen LogP contribution in [0.5, 0.6) is 0 Å². The van der Waals surface area contributed by atoms with Gasteiger partial charge in [0.2, 0.25) is 5.67 Å². The van der Waals surface area contributed by atoms with Crippen molar-refractivity contribution >= 4 is 22.5 Å². The van der Waals surface area contributed by atoms with Gasteiger partial charge in [0.05, 0.1) is 17.4 Å². The number of halogens is 1. The molecule has 0 fully saturated rings. The second kappa shape index (κ2) is 6.29. The minimum Gasteiger partial charge on any atom is -0.384 e. The molecule has 0 saturated carbocycles. The molecule has 7 nitrogen and oxygen atoms in total. The maximum absolute atomic E-state index is 16.1. The van der Waals surface area contributed by atoms with Crippen LogP contribution in [0.15, 0.2) is 34.4 Å². The van der Waals surface area contributed by atoms with Gasteiger partial charge in [0.1, 0.15) is 11.9 Å². The van der Waals surface area contributed by atoms with E-state index in [-0.39, 0.29) is 11.5 Å². The Morgan fingerprint density at radius 2 is 2.17 bits per heavy atom. The number of aromatic nitrogens is 2. The van der Waals surface area contributed by atoms with E-state index in [1.165, 1.54) is 0 Å². The fourth-order valence-corrected chi connectivity index (χ4v) is 3.02. The van der Waals surface area contributed by atoms with Gasteiger partial charge >= 0.3 is 0 Å². The van der Waals surface area contributed by atoms with E-state index in [1.807, 2.05) is 19.9 Å². The topological polar surface area (TPSA) is 115 Å². The standard InChI is InChI=1S/C16H21FN6O/c1-3-12(24-4-2)16(17)13(21-15(19)22-14(16)18)9-5-6-11-10(7-9)8-20-23-11/h5-8,12,15H,3-4,19H2,1-2H3,(H2,18,22)(H,20,23). The number of H-pyrrole nitrogens is 1. The first-order valence-corrected chi connectivity index (χ1v) is 7.92. The summed E-state index contributed by atoms with van der Waals surface area (Å²) in [5, 5.41) is 7.68. The zero-order chi connectivity index (χ0) is 17.3. The molecule has 3 rings (SSSR count). The van der Waals surface area contributed by atoms with Crippen molar-refractivity contribution in [3.63, 3.8) is 0 Å². The predicted molar refractivity (Wildman–Crippen MR) is 91.8 cm³/mol. The van der Waals surface area contributed by atoms with Crippen LogP contribution in [0.25, 0.3) is 10.9 Å². The van der Waals surface area contributed by atoms with Gasteiger partial charge in [-0.05, 0) is 25.5 Å². The summed E-state index contributed by atoms with van der Waals surface area (Å²) in [6.45, 7) is 4.00. The molecule has 1 aliphatic rings. The molecule has 1 aromatic heterocycles. The molecule has 128 valence electrons. The van der Waals surface area contributed by atoms with Crippen molar-refractivity contribution in [1.82, 2.24) is 10.2 Å². The number of aromatic amines is 1. The second-order valence-corrected chi connectivity index (χ2v) is 5.64. The summed E-state index contributed by atoms with van der Waals surface area (Å²) in [5.41, 5.74) is 11.2. The third-order valence-electron chi connectivity index (χ3n) is 4.15. The molecule has 1 aromatic carbocycles. The highest BCUT2D eigenvalue weighted by Gasteiger charge is 2.50. The van der Waals surface area contributed by atoms with Gasteiger partial charge < -0.3 is 10.5 Å². The third-order valence-corrected chi connectivity index (χ3v) is 4.15. The first kappa shape index (κ1) is 16.5. The highest BCUT2D eigenvalue weighted by atomic mass is 19.1. The van der Waals surface area contributed by atoms with Crippen molar-refractivity contribution in [2.45, 2.75) is 38.3 Å². The van der Waals surface area contributed by atoms with E-state index >= 15 is 4.39 Å². The molecule has 3 unspecified atom stereocenters. The molecule has 24 heavy (non-hydrogen) atoms. The van der Waals surface area contributed by atoms with Crippen LogP contribution in [0.3, 0.4) is 0 Å². The van der Waals surface area contributed by atoms with Crippen molar-refractivity contribution < 1.29 is 9.13 Å². The van der Waals surface area contributed by atoms with Gasteiger partial charge in [-0.1, -0.05) is 13.0 Å². The van der Waals surface area contributed by atoms with Crippen LogP contribution in [-0.2, 0) is 4.74 Å². The summed E-state index contributed by atoms with van der Waals surface area (Å²) in [6, 6.07) is 5.38. The molecule has 5 N–H and O–H groups in total. The summed E-state index contributed by atoms with van der Waals surface area (Å²) >= 11 is 0. The number of fused-ring (bicyclic) bond motifs is 1. The normalized spacial score (nSPS) is 25.4. The largest absolute Gasteiger partial charge is 0.384 e. The van der Waals surface area contributed by atoms with Gasteiger partial charge in [-0.2, -0.15) is 5.10 Å². The first-order chi connectivity index (χ1) is 11.5. The molecular weight excluding hydrogens is 311 g/mol. The highest BCUT2D eigenvalue weighted by molar-refractivity contribution is 6.22. The second-order valence-electron chi connectivity index (χ2n) is 5.64. The van der Waals surface area contributed by atoms with Crippen molar-refractivity contribution in [3.8, 4) is 0 Å². The Kier molecular flexibility index (Phi) is 4.33. The minimum absolute atomic E-state index is 0.144. The number of amidine groups is 1. The number of rotatable bonds is 5. The van der Waals surface area contributed by atoms with Crippen molar-refractivity contribution in [3.05, 3.63) is 30.0 Å². The molecule has 3 atom stereocenters. The maximum atomic E-state index is 16.1. The Hall–Kier alpha value is -2.32. The lowest BCUT2D eigenvalue weighted by Gasteiger charge is -2.36. The average Bonchev–Trinajstić information content (AvgIpc) is 3.03. The molecular formula is C16H21FN6O. The zero-order valence-corrected chi connectivity index (χ0v) is 13.7. The van der Waals surface area contributed by atoms with Crippen molar-refractivity contribution in [2.75, 3.05) is 6.61 Å². The molecule has 0 radical (unpaired) electrons. The number of alkyl halides is 1.